The fourth-order valence-electron chi connectivity index (χ4n) is 1.94. The molecule has 0 aromatic rings. The zero-order valence-electron chi connectivity index (χ0n) is 10.5. The van der Waals surface area contributed by atoms with Crippen LogP contribution in [-0.2, 0) is 23.8 Å². The van der Waals surface area contributed by atoms with E-state index < -0.39 is 5.54 Å². The van der Waals surface area contributed by atoms with E-state index in [9.17, 15) is 9.59 Å². The second-order valence-corrected chi connectivity index (χ2v) is 4.07. The Morgan fingerprint density at radius 1 is 1.35 bits per heavy atom. The Morgan fingerprint density at radius 2 is 2.06 bits per heavy atom. The van der Waals surface area contributed by atoms with E-state index in [0.29, 0.717) is 26.2 Å². The van der Waals surface area contributed by atoms with Crippen molar-refractivity contribution in [1.29, 1.82) is 0 Å². The van der Waals surface area contributed by atoms with Crippen LogP contribution in [0.4, 0.5) is 0 Å². The zero-order chi connectivity index (χ0) is 12.9. The average molecular weight is 245 g/mol. The number of esters is 2. The minimum atomic E-state index is -0.761. The molecule has 0 amide bonds. The number of methoxy groups -OCH3 is 2. The Kier molecular flexibility index (Phi) is 4.89. The first-order valence-corrected chi connectivity index (χ1v) is 5.51. The highest BCUT2D eigenvalue weighted by molar-refractivity contribution is 5.81. The van der Waals surface area contributed by atoms with Crippen molar-refractivity contribution in [3.63, 3.8) is 0 Å². The van der Waals surface area contributed by atoms with Gasteiger partial charge in [-0.2, -0.15) is 0 Å². The number of ether oxygens (including phenoxy) is 3. The summed E-state index contributed by atoms with van der Waals surface area (Å²) in [5.41, 5.74) is -0.761. The molecule has 1 atom stereocenters. The van der Waals surface area contributed by atoms with Gasteiger partial charge in [-0.1, -0.05) is 0 Å². The van der Waals surface area contributed by atoms with Crippen LogP contribution in [0.5, 0.6) is 0 Å². The Labute approximate surface area is 101 Å². The number of carbonyl (C=O) groups excluding carboxylic acids is 2. The predicted molar refractivity (Wildman–Crippen MR) is 59.4 cm³/mol. The lowest BCUT2D eigenvalue weighted by Gasteiger charge is -2.34. The molecule has 0 radical (unpaired) electrons. The summed E-state index contributed by atoms with van der Waals surface area (Å²) in [4.78, 5) is 24.7. The lowest BCUT2D eigenvalue weighted by atomic mass is 9.96. The lowest BCUT2D eigenvalue weighted by Crippen LogP contribution is -2.54. The second kappa shape index (κ2) is 5.97. The average Bonchev–Trinajstić information content (AvgIpc) is 2.84. The van der Waals surface area contributed by atoms with Crippen molar-refractivity contribution in [1.82, 2.24) is 4.90 Å². The van der Waals surface area contributed by atoms with Crippen molar-refractivity contribution < 1.29 is 23.8 Å². The molecule has 0 aromatic carbocycles. The van der Waals surface area contributed by atoms with Crippen molar-refractivity contribution >= 4 is 11.9 Å². The Balaban J connectivity index is 2.64. The van der Waals surface area contributed by atoms with Crippen molar-refractivity contribution in [2.75, 3.05) is 41.0 Å². The predicted octanol–water partition coefficient (Wildman–Crippen LogP) is -0.187. The summed E-state index contributed by atoms with van der Waals surface area (Å²) in [6.07, 6.45) is 0.823. The molecule has 1 heterocycles. The van der Waals surface area contributed by atoms with Gasteiger partial charge in [0.15, 0.2) is 0 Å². The van der Waals surface area contributed by atoms with Gasteiger partial charge < -0.3 is 14.2 Å². The fraction of sp³-hybridized carbons (Fsp3) is 0.818. The van der Waals surface area contributed by atoms with Gasteiger partial charge in [-0.15, -0.1) is 0 Å². The Morgan fingerprint density at radius 3 is 2.53 bits per heavy atom. The number of hydrogen-bond acceptors (Lipinski definition) is 6. The minimum absolute atomic E-state index is 0.242. The summed E-state index contributed by atoms with van der Waals surface area (Å²) >= 11 is 0. The molecule has 0 N–H and O–H groups in total. The smallest absolute Gasteiger partial charge is 0.328 e. The molecule has 1 rings (SSSR count). The molecule has 1 saturated heterocycles. The molecule has 17 heavy (non-hydrogen) atoms. The number of rotatable bonds is 5. The molecule has 0 spiro atoms. The normalized spacial score (nSPS) is 23.8. The topological polar surface area (TPSA) is 65.1 Å². The van der Waals surface area contributed by atoms with E-state index in [1.807, 2.05) is 4.90 Å². The van der Waals surface area contributed by atoms with E-state index >= 15 is 0 Å². The van der Waals surface area contributed by atoms with E-state index in [1.165, 1.54) is 14.2 Å². The maximum absolute atomic E-state index is 11.8. The molecule has 6 heteroatoms. The molecule has 0 aromatic heterocycles. The van der Waals surface area contributed by atoms with Gasteiger partial charge in [0, 0.05) is 19.6 Å². The van der Waals surface area contributed by atoms with Crippen molar-refractivity contribution in [2.24, 2.45) is 0 Å². The molecular formula is C11H19NO5. The Hall–Kier alpha value is -1.14. The van der Waals surface area contributed by atoms with Gasteiger partial charge in [0.2, 0.25) is 0 Å². The van der Waals surface area contributed by atoms with Crippen molar-refractivity contribution in [3.05, 3.63) is 0 Å². The lowest BCUT2D eigenvalue weighted by molar-refractivity contribution is -0.155. The summed E-state index contributed by atoms with van der Waals surface area (Å²) in [6, 6.07) is 0. The zero-order valence-corrected chi connectivity index (χ0v) is 10.5. The van der Waals surface area contributed by atoms with Crippen molar-refractivity contribution in [2.45, 2.75) is 18.4 Å². The van der Waals surface area contributed by atoms with E-state index in [2.05, 4.69) is 4.74 Å². The quantitative estimate of drug-likeness (QED) is 0.626. The molecule has 0 aliphatic carbocycles. The van der Waals surface area contributed by atoms with Crippen LogP contribution in [0, 0.1) is 0 Å². The summed E-state index contributed by atoms with van der Waals surface area (Å²) in [6.45, 7) is 1.26. The maximum Gasteiger partial charge on any atom is 0.328 e. The van der Waals surface area contributed by atoms with Crippen LogP contribution in [0.3, 0.4) is 0 Å². The second-order valence-electron chi connectivity index (χ2n) is 4.07. The van der Waals surface area contributed by atoms with E-state index in [4.69, 9.17) is 9.47 Å². The molecule has 6 nitrogen and oxygen atoms in total. The minimum Gasteiger partial charge on any atom is -0.469 e. The monoisotopic (exact) mass is 245 g/mol. The SMILES string of the molecule is COC(=O)CCN(C)C1(C(=O)OC)CCOC1. The summed E-state index contributed by atoms with van der Waals surface area (Å²) in [5, 5.41) is 0. The van der Waals surface area contributed by atoms with Crippen LogP contribution < -0.4 is 0 Å². The number of nitrogens with zero attached hydrogens (tertiary/aromatic N) is 1. The van der Waals surface area contributed by atoms with E-state index in [1.54, 1.807) is 7.05 Å². The van der Waals surface area contributed by atoms with Gasteiger partial charge >= 0.3 is 11.9 Å². The third-order valence-corrected chi connectivity index (χ3v) is 3.18. The van der Waals surface area contributed by atoms with Gasteiger partial charge in [-0.25, -0.2) is 4.79 Å². The summed E-state index contributed by atoms with van der Waals surface area (Å²) < 4.78 is 14.7. The third kappa shape index (κ3) is 2.95. The van der Waals surface area contributed by atoms with Crippen LogP contribution in [0.15, 0.2) is 0 Å². The molecular weight excluding hydrogens is 226 g/mol. The highest BCUT2D eigenvalue weighted by atomic mass is 16.5. The fourth-order valence-corrected chi connectivity index (χ4v) is 1.94. The van der Waals surface area contributed by atoms with E-state index in [0.717, 1.165) is 0 Å². The number of carbonyl (C=O) groups is 2. The largest absolute Gasteiger partial charge is 0.469 e. The van der Waals surface area contributed by atoms with Crippen LogP contribution in [0.1, 0.15) is 12.8 Å². The third-order valence-electron chi connectivity index (χ3n) is 3.18. The highest BCUT2D eigenvalue weighted by Gasteiger charge is 2.46. The van der Waals surface area contributed by atoms with Crippen LogP contribution in [-0.4, -0.2) is 63.4 Å². The standard InChI is InChI=1S/C11H19NO5/c1-12(6-4-9(13)15-2)11(10(14)16-3)5-7-17-8-11/h4-8H2,1-3H3. The van der Waals surface area contributed by atoms with Crippen LogP contribution in [0.25, 0.3) is 0 Å². The molecule has 0 bridgehead atoms. The number of likely N-dealkylation sites (N-methyl/N-ethyl adjacent to an activating group) is 1. The highest BCUT2D eigenvalue weighted by Crippen LogP contribution is 2.26. The number of hydrogen-bond donors (Lipinski definition) is 0. The molecule has 0 saturated carbocycles. The van der Waals surface area contributed by atoms with E-state index in [-0.39, 0.29) is 18.4 Å². The first-order chi connectivity index (χ1) is 8.06. The van der Waals surface area contributed by atoms with Gasteiger partial charge in [0.1, 0.15) is 5.54 Å². The van der Waals surface area contributed by atoms with Crippen molar-refractivity contribution in [3.8, 4) is 0 Å². The van der Waals surface area contributed by atoms with Crippen LogP contribution >= 0.6 is 0 Å². The molecule has 1 aliphatic rings. The van der Waals surface area contributed by atoms with Gasteiger partial charge in [0.25, 0.3) is 0 Å². The molecule has 1 unspecified atom stereocenters. The Bertz CT molecular complexity index is 286. The first kappa shape index (κ1) is 13.9. The van der Waals surface area contributed by atoms with Crippen LogP contribution in [0.2, 0.25) is 0 Å². The molecule has 98 valence electrons. The summed E-state index contributed by atoms with van der Waals surface area (Å²) in [7, 11) is 4.49. The first-order valence-electron chi connectivity index (χ1n) is 5.51. The summed E-state index contributed by atoms with van der Waals surface area (Å²) in [5.74, 6) is -0.613. The van der Waals surface area contributed by atoms with Gasteiger partial charge in [-0.3, -0.25) is 9.69 Å². The maximum atomic E-state index is 11.8. The van der Waals surface area contributed by atoms with Gasteiger partial charge in [-0.05, 0) is 7.05 Å². The van der Waals surface area contributed by atoms with Gasteiger partial charge in [0.05, 0.1) is 27.2 Å². The molecule has 1 fully saturated rings. The molecule has 1 aliphatic heterocycles.